The van der Waals surface area contributed by atoms with E-state index in [1.54, 1.807) is 12.5 Å². The van der Waals surface area contributed by atoms with Crippen molar-refractivity contribution in [1.82, 2.24) is 0 Å². The molecule has 0 aliphatic heterocycles. The Balaban J connectivity index is 1.18. The molecule has 2 unspecified atom stereocenters. The zero-order valence-electron chi connectivity index (χ0n) is 27.5. The van der Waals surface area contributed by atoms with Crippen LogP contribution in [0.5, 0.6) is 0 Å². The van der Waals surface area contributed by atoms with Crippen LogP contribution < -0.4 is 10.4 Å². The molecule has 0 saturated carbocycles. The van der Waals surface area contributed by atoms with Crippen LogP contribution in [-0.2, 0) is 0 Å². The van der Waals surface area contributed by atoms with Gasteiger partial charge in [-0.25, -0.2) is 0 Å². The van der Waals surface area contributed by atoms with E-state index in [0.29, 0.717) is 0 Å². The SMILES string of the molecule is C1=CC2C(c3ccoc3)=c3ccccc3=C(c3cccc4sc5cc(-c6c7ccccc7c(-c7ccoc7)c7ccccc67)ccc5c34)C2C=C1. The molecule has 2 aliphatic rings. The molecule has 3 heterocycles. The third-order valence-electron chi connectivity index (χ3n) is 11.0. The summed E-state index contributed by atoms with van der Waals surface area (Å²) in [5, 5.41) is 10.2. The van der Waals surface area contributed by atoms with Gasteiger partial charge in [-0.15, -0.1) is 11.3 Å². The number of benzene rings is 6. The number of fused-ring (bicyclic) bond motifs is 7. The van der Waals surface area contributed by atoms with E-state index in [4.69, 9.17) is 8.83 Å². The van der Waals surface area contributed by atoms with E-state index in [-0.39, 0.29) is 11.8 Å². The van der Waals surface area contributed by atoms with Crippen LogP contribution in [0.1, 0.15) is 11.1 Å². The van der Waals surface area contributed by atoms with Crippen LogP contribution in [0.4, 0.5) is 0 Å². The number of thiophene rings is 1. The summed E-state index contributed by atoms with van der Waals surface area (Å²) in [4.78, 5) is 0. The highest BCUT2D eigenvalue weighted by Crippen LogP contribution is 2.48. The van der Waals surface area contributed by atoms with E-state index in [1.165, 1.54) is 85.6 Å². The van der Waals surface area contributed by atoms with Crippen LogP contribution in [0.15, 0.2) is 180 Å². The van der Waals surface area contributed by atoms with Gasteiger partial charge in [-0.1, -0.05) is 121 Å². The second-order valence-corrected chi connectivity index (χ2v) is 14.6. The van der Waals surface area contributed by atoms with Crippen molar-refractivity contribution in [1.29, 1.82) is 0 Å². The summed E-state index contributed by atoms with van der Waals surface area (Å²) in [6, 6.07) is 44.7. The predicted molar refractivity (Wildman–Crippen MR) is 212 cm³/mol. The van der Waals surface area contributed by atoms with Crippen molar-refractivity contribution >= 4 is 64.2 Å². The van der Waals surface area contributed by atoms with Crippen molar-refractivity contribution in [3.8, 4) is 22.3 Å². The molecule has 0 radical (unpaired) electrons. The Morgan fingerprint density at radius 3 is 1.69 bits per heavy atom. The number of furan rings is 2. The fourth-order valence-electron chi connectivity index (χ4n) is 8.92. The molecule has 11 rings (SSSR count). The van der Waals surface area contributed by atoms with Gasteiger partial charge in [-0.2, -0.15) is 0 Å². The van der Waals surface area contributed by atoms with Crippen LogP contribution in [0, 0.1) is 11.8 Å². The molecule has 0 amide bonds. The first-order chi connectivity index (χ1) is 25.3. The maximum absolute atomic E-state index is 5.61. The van der Waals surface area contributed by atoms with Gasteiger partial charge in [0.1, 0.15) is 0 Å². The molecule has 3 heteroatoms. The van der Waals surface area contributed by atoms with Gasteiger partial charge >= 0.3 is 0 Å². The van der Waals surface area contributed by atoms with Gasteiger partial charge in [0, 0.05) is 48.7 Å². The van der Waals surface area contributed by atoms with Gasteiger partial charge in [0.2, 0.25) is 0 Å². The second-order valence-electron chi connectivity index (χ2n) is 13.6. The first-order valence-corrected chi connectivity index (χ1v) is 18.3. The van der Waals surface area contributed by atoms with Gasteiger partial charge in [-0.3, -0.25) is 0 Å². The van der Waals surface area contributed by atoms with Crippen LogP contribution in [0.3, 0.4) is 0 Å². The van der Waals surface area contributed by atoms with E-state index in [0.717, 1.165) is 11.1 Å². The van der Waals surface area contributed by atoms with Crippen LogP contribution in [0.25, 0.3) is 75.1 Å². The zero-order valence-corrected chi connectivity index (χ0v) is 28.4. The van der Waals surface area contributed by atoms with Crippen LogP contribution in [0.2, 0.25) is 0 Å². The smallest absolute Gasteiger partial charge is 0.0981 e. The Hall–Kier alpha value is -6.16. The van der Waals surface area contributed by atoms with Gasteiger partial charge < -0.3 is 8.83 Å². The molecular formula is C48H30O2S. The summed E-state index contributed by atoms with van der Waals surface area (Å²) in [6.45, 7) is 0. The molecule has 9 aromatic rings. The van der Waals surface area contributed by atoms with Crippen molar-refractivity contribution in [2.75, 3.05) is 0 Å². The fraction of sp³-hybridized carbons (Fsp3) is 0.0417. The summed E-state index contributed by atoms with van der Waals surface area (Å²) in [7, 11) is 0. The normalized spacial score (nSPS) is 16.8. The molecule has 2 atom stereocenters. The Labute approximate surface area is 298 Å². The largest absolute Gasteiger partial charge is 0.472 e. The zero-order chi connectivity index (χ0) is 33.5. The van der Waals surface area contributed by atoms with Gasteiger partial charge in [0.05, 0.1) is 25.1 Å². The third kappa shape index (κ3) is 4.22. The van der Waals surface area contributed by atoms with Crippen molar-refractivity contribution < 1.29 is 8.83 Å². The molecule has 0 fully saturated rings. The molecular weight excluding hydrogens is 641 g/mol. The number of hydrogen-bond donors (Lipinski definition) is 0. The quantitative estimate of drug-likeness (QED) is 0.174. The average Bonchev–Trinajstić information content (AvgIpc) is 3.98. The molecule has 0 N–H and O–H groups in total. The molecule has 0 bridgehead atoms. The van der Waals surface area contributed by atoms with Crippen molar-refractivity contribution in [3.05, 3.63) is 192 Å². The first-order valence-electron chi connectivity index (χ1n) is 17.5. The highest BCUT2D eigenvalue weighted by molar-refractivity contribution is 7.25. The summed E-state index contributed by atoms with van der Waals surface area (Å²) in [5.41, 5.74) is 10.0. The Morgan fingerprint density at radius 2 is 1.04 bits per heavy atom. The summed E-state index contributed by atoms with van der Waals surface area (Å²) in [5.74, 6) is 0.428. The van der Waals surface area contributed by atoms with E-state index in [2.05, 4.69) is 146 Å². The topological polar surface area (TPSA) is 26.3 Å². The van der Waals surface area contributed by atoms with Gasteiger partial charge in [0.25, 0.3) is 0 Å². The number of hydrogen-bond acceptors (Lipinski definition) is 3. The lowest BCUT2D eigenvalue weighted by molar-refractivity contribution is 0.565. The lowest BCUT2D eigenvalue weighted by Crippen LogP contribution is -2.40. The Kier molecular flexibility index (Phi) is 6.28. The highest BCUT2D eigenvalue weighted by atomic mass is 32.1. The molecule has 6 aromatic carbocycles. The lowest BCUT2D eigenvalue weighted by Gasteiger charge is -2.33. The van der Waals surface area contributed by atoms with E-state index in [9.17, 15) is 0 Å². The minimum absolute atomic E-state index is 0.209. The maximum atomic E-state index is 5.61. The summed E-state index contributed by atoms with van der Waals surface area (Å²) >= 11 is 1.89. The standard InChI is InChI=1S/C48H30O2S/c1-3-12-34-32(10-1)44(33-11-2-4-13-35(33)45(34)30-22-24-49-27-30)29-20-21-40-43(26-29)51-42-19-9-18-41(48(40)42)47-38-16-7-5-14-36(38)46(31-23-25-50-28-31)37-15-6-8-17-39(37)47/h1-28,36,38H. The molecule has 2 nitrogen and oxygen atoms in total. The summed E-state index contributed by atoms with van der Waals surface area (Å²) < 4.78 is 13.8. The third-order valence-corrected chi connectivity index (χ3v) is 12.1. The van der Waals surface area contributed by atoms with Crippen molar-refractivity contribution in [2.24, 2.45) is 11.8 Å². The minimum atomic E-state index is 0.209. The van der Waals surface area contributed by atoms with Crippen LogP contribution >= 0.6 is 11.3 Å². The average molecular weight is 671 g/mol. The molecule has 2 aliphatic carbocycles. The van der Waals surface area contributed by atoms with E-state index >= 15 is 0 Å². The molecule has 0 saturated heterocycles. The monoisotopic (exact) mass is 670 g/mol. The fourth-order valence-corrected chi connectivity index (χ4v) is 10.1. The minimum Gasteiger partial charge on any atom is -0.472 e. The van der Waals surface area contributed by atoms with Crippen molar-refractivity contribution in [2.45, 2.75) is 0 Å². The lowest BCUT2D eigenvalue weighted by atomic mass is 9.70. The Bertz CT molecular complexity index is 2970. The summed E-state index contributed by atoms with van der Waals surface area (Å²) in [6.07, 6.45) is 16.5. The second kappa shape index (κ2) is 11.2. The van der Waals surface area contributed by atoms with Crippen LogP contribution in [-0.4, -0.2) is 0 Å². The molecule has 0 spiro atoms. The van der Waals surface area contributed by atoms with Gasteiger partial charge in [-0.05, 0) is 84.1 Å². The highest BCUT2D eigenvalue weighted by Gasteiger charge is 2.33. The van der Waals surface area contributed by atoms with Crippen molar-refractivity contribution in [3.63, 3.8) is 0 Å². The predicted octanol–water partition coefficient (Wildman–Crippen LogP) is 11.7. The number of rotatable bonds is 4. The Morgan fingerprint density at radius 1 is 0.451 bits per heavy atom. The number of allylic oxidation sites excluding steroid dienone is 4. The van der Waals surface area contributed by atoms with E-state index < -0.39 is 0 Å². The molecule has 51 heavy (non-hydrogen) atoms. The molecule has 240 valence electrons. The van der Waals surface area contributed by atoms with Gasteiger partial charge in [0.15, 0.2) is 0 Å². The maximum Gasteiger partial charge on any atom is 0.0981 e. The van der Waals surface area contributed by atoms with E-state index in [1.807, 2.05) is 23.9 Å². The molecule has 3 aromatic heterocycles. The first kappa shape index (κ1) is 28.7.